The Balaban J connectivity index is 1.71. The molecule has 1 aliphatic rings. The fraction of sp³-hybridized carbons (Fsp3) is 0.400. The molecule has 0 unspecified atom stereocenters. The lowest BCUT2D eigenvalue weighted by Gasteiger charge is -2.33. The van der Waals surface area contributed by atoms with E-state index in [1.54, 1.807) is 21.6 Å². The zero-order valence-electron chi connectivity index (χ0n) is 16.6. The summed E-state index contributed by atoms with van der Waals surface area (Å²) in [4.78, 5) is 22.3. The zero-order chi connectivity index (χ0) is 20.2. The molecule has 0 radical (unpaired) electrons. The third kappa shape index (κ3) is 4.20. The van der Waals surface area contributed by atoms with E-state index >= 15 is 0 Å². The molecule has 3 aromatic rings. The maximum absolute atomic E-state index is 13.3. The number of nitrogens with zero attached hydrogens (tertiary/aromatic N) is 7. The predicted octanol–water partition coefficient (Wildman–Crippen LogP) is 0.456. The average molecular weight is 394 g/mol. The van der Waals surface area contributed by atoms with Gasteiger partial charge in [0.1, 0.15) is 0 Å². The summed E-state index contributed by atoms with van der Waals surface area (Å²) in [6, 6.07) is 7.68. The first-order valence-electron chi connectivity index (χ1n) is 9.89. The van der Waals surface area contributed by atoms with Gasteiger partial charge in [-0.25, -0.2) is 9.67 Å². The molecule has 0 atom stereocenters. The second-order valence-electron chi connectivity index (χ2n) is 7.28. The molecule has 3 heterocycles. The van der Waals surface area contributed by atoms with Gasteiger partial charge in [-0.2, -0.15) is 0 Å². The quantitative estimate of drug-likeness (QED) is 0.648. The minimum atomic E-state index is -0.0976. The zero-order valence-corrected chi connectivity index (χ0v) is 16.6. The van der Waals surface area contributed by atoms with Crippen molar-refractivity contribution in [3.8, 4) is 11.4 Å². The second-order valence-corrected chi connectivity index (χ2v) is 7.28. The lowest BCUT2D eigenvalue weighted by molar-refractivity contribution is 0.311. The molecule has 29 heavy (non-hydrogen) atoms. The van der Waals surface area contributed by atoms with Crippen molar-refractivity contribution >= 4 is 5.82 Å². The van der Waals surface area contributed by atoms with Crippen LogP contribution in [-0.2, 0) is 6.42 Å². The van der Waals surface area contributed by atoms with Crippen molar-refractivity contribution in [2.24, 2.45) is 5.73 Å². The Bertz CT molecular complexity index is 988. The summed E-state index contributed by atoms with van der Waals surface area (Å²) in [5.74, 6) is 0.521. The number of hydrogen-bond acceptors (Lipinski definition) is 7. The molecule has 2 aromatic heterocycles. The molecule has 0 spiro atoms. The first kappa shape index (κ1) is 19.3. The van der Waals surface area contributed by atoms with E-state index < -0.39 is 0 Å². The molecular weight excluding hydrogens is 368 g/mol. The van der Waals surface area contributed by atoms with Gasteiger partial charge < -0.3 is 15.5 Å². The van der Waals surface area contributed by atoms with Crippen molar-refractivity contribution in [1.82, 2.24) is 29.4 Å². The van der Waals surface area contributed by atoms with E-state index in [0.717, 1.165) is 56.1 Å². The Morgan fingerprint density at radius 1 is 1.07 bits per heavy atom. The Labute approximate surface area is 169 Å². The van der Waals surface area contributed by atoms with Crippen molar-refractivity contribution in [3.63, 3.8) is 0 Å². The topological polar surface area (TPSA) is 98.1 Å². The minimum absolute atomic E-state index is 0.0976. The maximum atomic E-state index is 13.3. The van der Waals surface area contributed by atoms with Gasteiger partial charge in [0.15, 0.2) is 5.82 Å². The number of benzene rings is 1. The molecule has 0 amide bonds. The van der Waals surface area contributed by atoms with Crippen LogP contribution in [-0.4, -0.2) is 69.2 Å². The van der Waals surface area contributed by atoms with E-state index in [9.17, 15) is 4.79 Å². The molecule has 0 saturated carbocycles. The molecule has 152 valence electrons. The van der Waals surface area contributed by atoms with Crippen LogP contribution >= 0.6 is 0 Å². The molecule has 9 nitrogen and oxygen atoms in total. The molecule has 1 fully saturated rings. The summed E-state index contributed by atoms with van der Waals surface area (Å²) >= 11 is 0. The van der Waals surface area contributed by atoms with Crippen LogP contribution in [0.3, 0.4) is 0 Å². The number of rotatable bonds is 6. The Hall–Kier alpha value is -3.04. The lowest BCUT2D eigenvalue weighted by atomic mass is 10.2. The molecule has 1 aromatic carbocycles. The molecule has 2 N–H and O–H groups in total. The van der Waals surface area contributed by atoms with Crippen LogP contribution in [0.25, 0.3) is 11.4 Å². The molecule has 1 aliphatic heterocycles. The lowest BCUT2D eigenvalue weighted by Crippen LogP contribution is -2.47. The fourth-order valence-electron chi connectivity index (χ4n) is 3.46. The van der Waals surface area contributed by atoms with Crippen molar-refractivity contribution in [2.75, 3.05) is 44.7 Å². The molecule has 0 aliphatic carbocycles. The van der Waals surface area contributed by atoms with Crippen LogP contribution < -0.4 is 16.2 Å². The molecule has 9 heteroatoms. The second kappa shape index (κ2) is 8.54. The van der Waals surface area contributed by atoms with Gasteiger partial charge in [-0.3, -0.25) is 9.36 Å². The summed E-state index contributed by atoms with van der Waals surface area (Å²) < 4.78 is 3.37. The predicted molar refractivity (Wildman–Crippen MR) is 112 cm³/mol. The summed E-state index contributed by atoms with van der Waals surface area (Å²) in [5.41, 5.74) is 8.15. The van der Waals surface area contributed by atoms with Crippen LogP contribution in [0.2, 0.25) is 0 Å². The van der Waals surface area contributed by atoms with Gasteiger partial charge in [0.25, 0.3) is 5.56 Å². The van der Waals surface area contributed by atoms with Crippen LogP contribution in [0.5, 0.6) is 0 Å². The van der Waals surface area contributed by atoms with E-state index in [1.807, 2.05) is 30.5 Å². The Kier molecular flexibility index (Phi) is 5.68. The first-order chi connectivity index (χ1) is 14.2. The van der Waals surface area contributed by atoms with Crippen LogP contribution in [0.1, 0.15) is 12.1 Å². The average Bonchev–Trinajstić information content (AvgIpc) is 3.29. The fourth-order valence-corrected chi connectivity index (χ4v) is 3.46. The summed E-state index contributed by atoms with van der Waals surface area (Å²) in [6.07, 6.45) is 6.83. The normalized spacial score (nSPS) is 15.0. The highest BCUT2D eigenvalue weighted by atomic mass is 16.1. The van der Waals surface area contributed by atoms with Crippen LogP contribution in [0.4, 0.5) is 5.82 Å². The van der Waals surface area contributed by atoms with Crippen molar-refractivity contribution in [3.05, 3.63) is 58.9 Å². The Morgan fingerprint density at radius 2 is 1.79 bits per heavy atom. The molecule has 0 bridgehead atoms. The number of aromatic nitrogens is 5. The minimum Gasteiger partial charge on any atom is -0.349 e. The van der Waals surface area contributed by atoms with Gasteiger partial charge in [0.2, 0.25) is 0 Å². The highest BCUT2D eigenvalue weighted by Crippen LogP contribution is 2.15. The largest absolute Gasteiger partial charge is 0.349 e. The highest BCUT2D eigenvalue weighted by molar-refractivity contribution is 5.45. The SMILES string of the molecule is CN1CCN(c2nc(CCCN)cn(-c3ccc(-n4ccnn4)cc3)c2=O)CC1. The van der Waals surface area contributed by atoms with E-state index in [2.05, 4.69) is 27.2 Å². The molecule has 1 saturated heterocycles. The van der Waals surface area contributed by atoms with E-state index in [1.165, 1.54) is 0 Å². The Morgan fingerprint density at radius 3 is 2.45 bits per heavy atom. The first-order valence-corrected chi connectivity index (χ1v) is 9.89. The van der Waals surface area contributed by atoms with E-state index in [0.29, 0.717) is 12.4 Å². The van der Waals surface area contributed by atoms with Gasteiger partial charge >= 0.3 is 0 Å². The monoisotopic (exact) mass is 394 g/mol. The molecular formula is C20H26N8O. The summed E-state index contributed by atoms with van der Waals surface area (Å²) in [5, 5.41) is 7.83. The van der Waals surface area contributed by atoms with Gasteiger partial charge in [0, 0.05) is 38.1 Å². The summed E-state index contributed by atoms with van der Waals surface area (Å²) in [6.45, 7) is 4.02. The number of likely N-dealkylation sites (N-methyl/N-ethyl adjacent to an activating group) is 1. The van der Waals surface area contributed by atoms with Crippen LogP contribution in [0.15, 0.2) is 47.7 Å². The highest BCUT2D eigenvalue weighted by Gasteiger charge is 2.20. The number of aryl methyl sites for hydroxylation is 1. The van der Waals surface area contributed by atoms with Gasteiger partial charge in [-0.1, -0.05) is 5.21 Å². The maximum Gasteiger partial charge on any atom is 0.298 e. The number of anilines is 1. The van der Waals surface area contributed by atoms with Crippen molar-refractivity contribution < 1.29 is 0 Å². The molecule has 4 rings (SSSR count). The van der Waals surface area contributed by atoms with E-state index in [4.69, 9.17) is 10.7 Å². The van der Waals surface area contributed by atoms with Gasteiger partial charge in [-0.05, 0) is 50.7 Å². The van der Waals surface area contributed by atoms with E-state index in [-0.39, 0.29) is 5.56 Å². The number of piperazine rings is 1. The van der Waals surface area contributed by atoms with Crippen LogP contribution in [0, 0.1) is 0 Å². The smallest absolute Gasteiger partial charge is 0.298 e. The third-order valence-electron chi connectivity index (χ3n) is 5.19. The van der Waals surface area contributed by atoms with Crippen molar-refractivity contribution in [1.29, 1.82) is 0 Å². The summed E-state index contributed by atoms with van der Waals surface area (Å²) in [7, 11) is 2.09. The number of nitrogens with two attached hydrogens (primary N) is 1. The van der Waals surface area contributed by atoms with Gasteiger partial charge in [0.05, 0.1) is 23.8 Å². The third-order valence-corrected chi connectivity index (χ3v) is 5.19. The van der Waals surface area contributed by atoms with Gasteiger partial charge in [-0.15, -0.1) is 5.10 Å². The standard InChI is InChI=1S/C20H26N8O/c1-25-11-13-26(14-12-25)19-20(29)27(15-16(23-19)3-2-8-21)17-4-6-18(7-5-17)28-10-9-22-24-28/h4-7,9-10,15H,2-3,8,11-14,21H2,1H3. The van der Waals surface area contributed by atoms with Crippen molar-refractivity contribution in [2.45, 2.75) is 12.8 Å². The number of hydrogen-bond donors (Lipinski definition) is 1.